The zero-order valence-electron chi connectivity index (χ0n) is 5.50. The predicted molar refractivity (Wildman–Crippen MR) is 38.4 cm³/mol. The Morgan fingerprint density at radius 2 is 2.10 bits per heavy atom. The first-order valence-corrected chi connectivity index (χ1v) is 2.23. The molecule has 0 fully saturated rings. The van der Waals surface area contributed by atoms with Crippen molar-refractivity contribution in [2.45, 2.75) is 6.04 Å². The highest BCUT2D eigenvalue weighted by Crippen LogP contribution is 1.76. The molecule has 0 radical (unpaired) electrons. The predicted octanol–water partition coefficient (Wildman–Crippen LogP) is -1.75. The monoisotopic (exact) mass is 173 g/mol. The fourth-order valence-electron chi connectivity index (χ4n) is 0.293. The molecule has 0 heterocycles. The first-order chi connectivity index (χ1) is 3.72. The second-order valence-electron chi connectivity index (χ2n) is 1.36. The van der Waals surface area contributed by atoms with Crippen LogP contribution in [0.5, 0.6) is 0 Å². The standard InChI is InChI=1S/C4H9NO3.ClH.H2O/c1-5-3(2-6)4(7)8;;/h3,5-6H,2H2,1H3,(H,7,8);1H;1H2. The first-order valence-electron chi connectivity index (χ1n) is 2.23. The van der Waals surface area contributed by atoms with Crippen molar-refractivity contribution in [3.63, 3.8) is 0 Å². The summed E-state index contributed by atoms with van der Waals surface area (Å²) < 4.78 is 0. The summed E-state index contributed by atoms with van der Waals surface area (Å²) in [5.74, 6) is -1.03. The molecule has 5 nitrogen and oxygen atoms in total. The average Bonchev–Trinajstić information content (AvgIpc) is 1.69. The van der Waals surface area contributed by atoms with Gasteiger partial charge in [0.15, 0.2) is 0 Å². The van der Waals surface area contributed by atoms with Gasteiger partial charge >= 0.3 is 5.97 Å². The fraction of sp³-hybridized carbons (Fsp3) is 0.750. The summed E-state index contributed by atoms with van der Waals surface area (Å²) in [5.41, 5.74) is 0. The van der Waals surface area contributed by atoms with Gasteiger partial charge in [-0.2, -0.15) is 0 Å². The molecule has 0 aromatic rings. The van der Waals surface area contributed by atoms with Gasteiger partial charge < -0.3 is 21.0 Å². The van der Waals surface area contributed by atoms with Crippen LogP contribution in [0.3, 0.4) is 0 Å². The molecule has 10 heavy (non-hydrogen) atoms. The largest absolute Gasteiger partial charge is 0.480 e. The van der Waals surface area contributed by atoms with E-state index in [-0.39, 0.29) is 24.5 Å². The van der Waals surface area contributed by atoms with Crippen molar-refractivity contribution < 1.29 is 20.5 Å². The van der Waals surface area contributed by atoms with Crippen molar-refractivity contribution in [3.05, 3.63) is 0 Å². The molecule has 1 unspecified atom stereocenters. The van der Waals surface area contributed by atoms with Gasteiger partial charge in [0.2, 0.25) is 0 Å². The number of aliphatic hydroxyl groups is 1. The van der Waals surface area contributed by atoms with E-state index in [1.807, 2.05) is 0 Å². The Hall–Kier alpha value is -0.360. The number of likely N-dealkylation sites (N-methyl/N-ethyl adjacent to an activating group) is 1. The van der Waals surface area contributed by atoms with E-state index in [4.69, 9.17) is 10.2 Å². The van der Waals surface area contributed by atoms with Gasteiger partial charge in [-0.3, -0.25) is 4.79 Å². The topological polar surface area (TPSA) is 101 Å². The lowest BCUT2D eigenvalue weighted by Crippen LogP contribution is -2.36. The summed E-state index contributed by atoms with van der Waals surface area (Å²) >= 11 is 0. The van der Waals surface area contributed by atoms with Crippen LogP contribution in [-0.2, 0) is 4.79 Å². The van der Waals surface area contributed by atoms with E-state index in [0.717, 1.165) is 0 Å². The molecule has 0 bridgehead atoms. The Morgan fingerprint density at radius 3 is 2.10 bits per heavy atom. The summed E-state index contributed by atoms with van der Waals surface area (Å²) in [6.07, 6.45) is 0. The number of rotatable bonds is 3. The minimum absolute atomic E-state index is 0. The summed E-state index contributed by atoms with van der Waals surface area (Å²) in [5, 5.41) is 18.8. The van der Waals surface area contributed by atoms with Crippen molar-refractivity contribution >= 4 is 18.4 Å². The van der Waals surface area contributed by atoms with E-state index in [2.05, 4.69) is 5.32 Å². The van der Waals surface area contributed by atoms with Crippen molar-refractivity contribution in [2.75, 3.05) is 13.7 Å². The van der Waals surface area contributed by atoms with Crippen LogP contribution in [-0.4, -0.2) is 41.4 Å². The Labute approximate surface area is 64.8 Å². The number of aliphatic carboxylic acids is 1. The van der Waals surface area contributed by atoms with Crippen LogP contribution in [0.2, 0.25) is 0 Å². The molecule has 0 saturated heterocycles. The molecule has 0 saturated carbocycles. The van der Waals surface area contributed by atoms with Crippen LogP contribution in [0.25, 0.3) is 0 Å². The molecule has 64 valence electrons. The molecular weight excluding hydrogens is 161 g/mol. The molecule has 0 spiro atoms. The maximum atomic E-state index is 9.94. The minimum atomic E-state index is -1.03. The molecule has 0 amide bonds. The second kappa shape index (κ2) is 8.64. The molecular formula is C4H12ClNO4. The van der Waals surface area contributed by atoms with Gasteiger partial charge in [0.25, 0.3) is 0 Å². The van der Waals surface area contributed by atoms with Gasteiger partial charge in [-0.05, 0) is 7.05 Å². The molecule has 1 atom stereocenters. The van der Waals surface area contributed by atoms with Crippen LogP contribution in [0.1, 0.15) is 0 Å². The number of hydrogen-bond acceptors (Lipinski definition) is 3. The molecule has 0 aromatic heterocycles. The third-order valence-corrected chi connectivity index (χ3v) is 0.829. The van der Waals surface area contributed by atoms with E-state index in [0.29, 0.717) is 0 Å². The lowest BCUT2D eigenvalue weighted by atomic mass is 10.3. The number of nitrogens with one attached hydrogen (secondary N) is 1. The van der Waals surface area contributed by atoms with Crippen molar-refractivity contribution in [3.8, 4) is 0 Å². The number of aliphatic hydroxyl groups excluding tert-OH is 1. The minimum Gasteiger partial charge on any atom is -0.480 e. The Balaban J connectivity index is -0.000000245. The van der Waals surface area contributed by atoms with Crippen LogP contribution < -0.4 is 5.32 Å². The number of hydrogen-bond donors (Lipinski definition) is 3. The van der Waals surface area contributed by atoms with Gasteiger partial charge in [-0.25, -0.2) is 0 Å². The number of carboxylic acids is 1. The van der Waals surface area contributed by atoms with E-state index in [9.17, 15) is 4.79 Å². The summed E-state index contributed by atoms with van der Waals surface area (Å²) in [4.78, 5) is 9.94. The van der Waals surface area contributed by atoms with E-state index >= 15 is 0 Å². The smallest absolute Gasteiger partial charge is 0.323 e. The molecule has 0 aliphatic heterocycles. The Bertz CT molecular complexity index is 85.3. The molecule has 0 rings (SSSR count). The maximum absolute atomic E-state index is 9.94. The van der Waals surface area contributed by atoms with Crippen molar-refractivity contribution in [1.29, 1.82) is 0 Å². The number of carbonyl (C=O) groups is 1. The molecule has 6 heteroatoms. The summed E-state index contributed by atoms with van der Waals surface area (Å²) in [6, 6.07) is -0.824. The highest BCUT2D eigenvalue weighted by Gasteiger charge is 2.11. The van der Waals surface area contributed by atoms with Crippen LogP contribution >= 0.6 is 12.4 Å². The molecule has 0 aliphatic rings. The first kappa shape index (κ1) is 16.3. The fourth-order valence-corrected chi connectivity index (χ4v) is 0.293. The zero-order chi connectivity index (χ0) is 6.57. The van der Waals surface area contributed by atoms with Gasteiger partial charge in [-0.1, -0.05) is 0 Å². The van der Waals surface area contributed by atoms with Crippen LogP contribution in [0.4, 0.5) is 0 Å². The van der Waals surface area contributed by atoms with Gasteiger partial charge in [0.05, 0.1) is 6.61 Å². The lowest BCUT2D eigenvalue weighted by Gasteiger charge is -2.04. The summed E-state index contributed by atoms with van der Waals surface area (Å²) in [6.45, 7) is -0.369. The van der Waals surface area contributed by atoms with E-state index in [1.54, 1.807) is 0 Å². The van der Waals surface area contributed by atoms with Crippen molar-refractivity contribution in [2.24, 2.45) is 0 Å². The van der Waals surface area contributed by atoms with Gasteiger partial charge in [0.1, 0.15) is 6.04 Å². The highest BCUT2D eigenvalue weighted by molar-refractivity contribution is 5.85. The maximum Gasteiger partial charge on any atom is 0.323 e. The molecule has 5 N–H and O–H groups in total. The third-order valence-electron chi connectivity index (χ3n) is 0.829. The molecule has 0 aromatic carbocycles. The zero-order valence-corrected chi connectivity index (χ0v) is 6.31. The third kappa shape index (κ3) is 5.77. The van der Waals surface area contributed by atoms with E-state index < -0.39 is 12.0 Å². The van der Waals surface area contributed by atoms with Crippen molar-refractivity contribution in [1.82, 2.24) is 5.32 Å². The van der Waals surface area contributed by atoms with Crippen LogP contribution in [0, 0.1) is 0 Å². The molecule has 0 aliphatic carbocycles. The Morgan fingerprint density at radius 1 is 1.70 bits per heavy atom. The number of carboxylic acid groups (broad SMARTS) is 1. The average molecular weight is 174 g/mol. The van der Waals surface area contributed by atoms with Crippen LogP contribution in [0.15, 0.2) is 0 Å². The second-order valence-corrected chi connectivity index (χ2v) is 1.36. The quantitative estimate of drug-likeness (QED) is 0.471. The van der Waals surface area contributed by atoms with Gasteiger partial charge in [-0.15, -0.1) is 12.4 Å². The highest BCUT2D eigenvalue weighted by atomic mass is 35.5. The van der Waals surface area contributed by atoms with E-state index in [1.165, 1.54) is 7.05 Å². The number of halogens is 1. The normalized spacial score (nSPS) is 10.6. The summed E-state index contributed by atoms with van der Waals surface area (Å²) in [7, 11) is 1.48. The lowest BCUT2D eigenvalue weighted by molar-refractivity contribution is -0.140. The Kier molecular flexibility index (Phi) is 14.1. The van der Waals surface area contributed by atoms with Gasteiger partial charge in [0, 0.05) is 0 Å². The SMILES string of the molecule is CNC(CO)C(=O)O.Cl.O.